The van der Waals surface area contributed by atoms with E-state index >= 15 is 0 Å². The molecule has 2 aromatic carbocycles. The Morgan fingerprint density at radius 2 is 1.31 bits per heavy atom. The molecule has 54 heavy (non-hydrogen) atoms. The molecule has 2 saturated heterocycles. The third-order valence-electron chi connectivity index (χ3n) is 10.9. The summed E-state index contributed by atoms with van der Waals surface area (Å²) in [6, 6.07) is 15.0. The van der Waals surface area contributed by atoms with Crippen molar-refractivity contribution in [2.75, 3.05) is 32.7 Å². The number of carbonyl (C=O) groups is 4. The minimum Gasteiger partial charge on any atom is -0.343 e. The van der Waals surface area contributed by atoms with Gasteiger partial charge >= 0.3 is 0 Å². The molecule has 2 aromatic rings. The van der Waals surface area contributed by atoms with Crippen LogP contribution in [0.1, 0.15) is 76.3 Å². The van der Waals surface area contributed by atoms with Gasteiger partial charge < -0.3 is 32.3 Å². The second kappa shape index (κ2) is 18.7. The summed E-state index contributed by atoms with van der Waals surface area (Å²) in [5.74, 6) is -1.63. The maximum Gasteiger partial charge on any atom is 0.245 e. The Morgan fingerprint density at radius 1 is 0.778 bits per heavy atom. The second-order valence-corrected chi connectivity index (χ2v) is 18.1. The SMILES string of the molecule is CC(C)CC(NC(=O)[C@@H](Cc1ccccc1)NC(=O)[C@H](N)Cc1ccccc1)C(=O)N[C@H](CCCCN)C(=O)N1CCC2(CC1)CN(S(=O)(=O)C1CC1)C2. The highest BCUT2D eigenvalue weighted by atomic mass is 32.2. The molecule has 1 spiro atoms. The molecule has 1 aliphatic carbocycles. The minimum atomic E-state index is -3.20. The van der Waals surface area contributed by atoms with E-state index in [1.165, 1.54) is 0 Å². The van der Waals surface area contributed by atoms with Crippen LogP contribution in [0.4, 0.5) is 0 Å². The van der Waals surface area contributed by atoms with Crippen LogP contribution in [0, 0.1) is 11.3 Å². The average Bonchev–Trinajstić information content (AvgIpc) is 4.00. The van der Waals surface area contributed by atoms with Crippen LogP contribution in [0.15, 0.2) is 60.7 Å². The zero-order chi connectivity index (χ0) is 38.9. The zero-order valence-electron chi connectivity index (χ0n) is 31.8. The van der Waals surface area contributed by atoms with Crippen molar-refractivity contribution in [1.29, 1.82) is 0 Å². The van der Waals surface area contributed by atoms with Crippen molar-refractivity contribution in [2.45, 2.75) is 107 Å². The molecule has 4 atom stereocenters. The number of piperidine rings is 1. The van der Waals surface area contributed by atoms with Gasteiger partial charge in [-0.25, -0.2) is 12.7 Å². The van der Waals surface area contributed by atoms with Crippen LogP contribution in [-0.2, 0) is 42.0 Å². The summed E-state index contributed by atoms with van der Waals surface area (Å²) >= 11 is 0. The minimum absolute atomic E-state index is 0.0259. The number of nitrogens with two attached hydrogens (primary N) is 2. The molecule has 0 aromatic heterocycles. The number of carbonyl (C=O) groups excluding carboxylic acids is 4. The van der Waals surface area contributed by atoms with E-state index in [2.05, 4.69) is 16.0 Å². The zero-order valence-corrected chi connectivity index (χ0v) is 32.6. The van der Waals surface area contributed by atoms with Gasteiger partial charge in [-0.05, 0) is 81.4 Å². The van der Waals surface area contributed by atoms with Crippen molar-refractivity contribution >= 4 is 33.7 Å². The maximum atomic E-state index is 14.0. The van der Waals surface area contributed by atoms with Gasteiger partial charge in [0.15, 0.2) is 0 Å². The summed E-state index contributed by atoms with van der Waals surface area (Å²) < 4.78 is 27.0. The summed E-state index contributed by atoms with van der Waals surface area (Å²) in [5, 5.41) is 8.49. The van der Waals surface area contributed by atoms with Crippen LogP contribution in [-0.4, -0.2) is 103 Å². The first-order chi connectivity index (χ1) is 25.8. The Hall–Kier alpha value is -3.85. The van der Waals surface area contributed by atoms with Crippen molar-refractivity contribution in [3.05, 3.63) is 71.8 Å². The van der Waals surface area contributed by atoms with Crippen LogP contribution in [0.2, 0.25) is 0 Å². The fourth-order valence-corrected chi connectivity index (χ4v) is 9.55. The molecule has 14 heteroatoms. The number of amides is 4. The molecule has 1 unspecified atom stereocenters. The number of likely N-dealkylation sites (tertiary alicyclic amines) is 1. The summed E-state index contributed by atoms with van der Waals surface area (Å²) in [5.41, 5.74) is 13.7. The molecule has 3 aliphatic rings. The lowest BCUT2D eigenvalue weighted by Crippen LogP contribution is -2.63. The number of rotatable bonds is 19. The van der Waals surface area contributed by atoms with Crippen LogP contribution >= 0.6 is 0 Å². The first-order valence-electron chi connectivity index (χ1n) is 19.5. The maximum absolute atomic E-state index is 14.0. The van der Waals surface area contributed by atoms with Gasteiger partial charge in [0.2, 0.25) is 33.7 Å². The lowest BCUT2D eigenvalue weighted by atomic mass is 9.73. The monoisotopic (exact) mass is 765 g/mol. The molecule has 0 bridgehead atoms. The highest BCUT2D eigenvalue weighted by molar-refractivity contribution is 7.90. The standard InChI is InChI=1S/C40H59N7O6S/c1-28(2)23-34(45-38(50)35(25-30-13-7-4-8-14-30)44-36(48)32(42)24-29-11-5-3-6-12-29)37(49)43-33(15-9-10-20-41)39(51)46-21-18-40(19-22-46)26-47(27-40)54(52,53)31-16-17-31/h3-8,11-14,28,31-35H,9-10,15-27,41-42H2,1-2H3,(H,43,49)(H,44,48)(H,45,50)/t32-,33-,34?,35-/m1/s1. The molecule has 4 amide bonds. The van der Waals surface area contributed by atoms with E-state index in [0.29, 0.717) is 77.7 Å². The smallest absolute Gasteiger partial charge is 0.245 e. The lowest BCUT2D eigenvalue weighted by Gasteiger charge is -2.53. The van der Waals surface area contributed by atoms with E-state index < -0.39 is 51.9 Å². The molecular weight excluding hydrogens is 707 g/mol. The lowest BCUT2D eigenvalue weighted by molar-refractivity contribution is -0.140. The number of unbranched alkanes of at least 4 members (excludes halogenated alkanes) is 1. The highest BCUT2D eigenvalue weighted by Crippen LogP contribution is 2.45. The van der Waals surface area contributed by atoms with Gasteiger partial charge in [0.05, 0.1) is 11.3 Å². The van der Waals surface area contributed by atoms with E-state index in [4.69, 9.17) is 11.5 Å². The number of nitrogens with one attached hydrogen (secondary N) is 3. The first kappa shape index (κ1) is 41.3. The van der Waals surface area contributed by atoms with E-state index in [1.54, 1.807) is 9.21 Å². The van der Waals surface area contributed by atoms with Gasteiger partial charge in [0.25, 0.3) is 0 Å². The average molecular weight is 766 g/mol. The fraction of sp³-hybridized carbons (Fsp3) is 0.600. The van der Waals surface area contributed by atoms with Gasteiger partial charge in [-0.1, -0.05) is 74.5 Å². The Bertz CT molecular complexity index is 1670. The number of sulfonamides is 1. The van der Waals surface area contributed by atoms with Crippen molar-refractivity contribution in [2.24, 2.45) is 22.8 Å². The molecule has 13 nitrogen and oxygen atoms in total. The van der Waals surface area contributed by atoms with Crippen LogP contribution in [0.5, 0.6) is 0 Å². The van der Waals surface area contributed by atoms with E-state index in [-0.39, 0.29) is 28.9 Å². The van der Waals surface area contributed by atoms with Crippen molar-refractivity contribution < 1.29 is 27.6 Å². The van der Waals surface area contributed by atoms with Crippen molar-refractivity contribution in [3.63, 3.8) is 0 Å². The fourth-order valence-electron chi connectivity index (χ4n) is 7.49. The first-order valence-corrected chi connectivity index (χ1v) is 21.0. The molecule has 2 heterocycles. The third kappa shape index (κ3) is 11.1. The van der Waals surface area contributed by atoms with Gasteiger partial charge in [0, 0.05) is 38.0 Å². The predicted octanol–water partition coefficient (Wildman–Crippen LogP) is 1.85. The summed E-state index contributed by atoms with van der Waals surface area (Å²) in [6.45, 7) is 6.33. The van der Waals surface area contributed by atoms with E-state index in [1.807, 2.05) is 74.5 Å². The summed E-state index contributed by atoms with van der Waals surface area (Å²) in [6.07, 6.45) is 5.39. The molecule has 3 fully saturated rings. The van der Waals surface area contributed by atoms with Crippen LogP contribution in [0.3, 0.4) is 0 Å². The van der Waals surface area contributed by atoms with Crippen LogP contribution < -0.4 is 27.4 Å². The summed E-state index contributed by atoms with van der Waals surface area (Å²) in [4.78, 5) is 57.1. The van der Waals surface area contributed by atoms with E-state index in [9.17, 15) is 27.6 Å². The molecule has 296 valence electrons. The topological polar surface area (TPSA) is 197 Å². The normalized spacial score (nSPS) is 19.3. The Kier molecular flexibility index (Phi) is 14.3. The van der Waals surface area contributed by atoms with Crippen molar-refractivity contribution in [1.82, 2.24) is 25.2 Å². The predicted molar refractivity (Wildman–Crippen MR) is 208 cm³/mol. The van der Waals surface area contributed by atoms with E-state index in [0.717, 1.165) is 24.0 Å². The molecular formula is C40H59N7O6S. The van der Waals surface area contributed by atoms with Gasteiger partial charge in [-0.3, -0.25) is 19.2 Å². The molecule has 0 radical (unpaired) electrons. The Labute approximate surface area is 320 Å². The second-order valence-electron chi connectivity index (χ2n) is 15.9. The number of benzene rings is 2. The Morgan fingerprint density at radius 3 is 1.87 bits per heavy atom. The quantitative estimate of drug-likeness (QED) is 0.134. The van der Waals surface area contributed by atoms with Crippen molar-refractivity contribution in [3.8, 4) is 0 Å². The van der Waals surface area contributed by atoms with Crippen LogP contribution in [0.25, 0.3) is 0 Å². The number of nitrogens with zero attached hydrogens (tertiary/aromatic N) is 2. The highest BCUT2D eigenvalue weighted by Gasteiger charge is 2.53. The number of hydrogen-bond acceptors (Lipinski definition) is 8. The number of hydrogen-bond donors (Lipinski definition) is 5. The summed E-state index contributed by atoms with van der Waals surface area (Å²) in [7, 11) is -3.20. The molecule has 1 saturated carbocycles. The third-order valence-corrected chi connectivity index (χ3v) is 13.2. The largest absolute Gasteiger partial charge is 0.343 e. The van der Waals surface area contributed by atoms with Gasteiger partial charge in [-0.15, -0.1) is 0 Å². The molecule has 7 N–H and O–H groups in total. The molecule has 5 rings (SSSR count). The Balaban J connectivity index is 1.24. The van der Waals surface area contributed by atoms with Gasteiger partial charge in [-0.2, -0.15) is 0 Å². The molecule has 2 aliphatic heterocycles. The van der Waals surface area contributed by atoms with Gasteiger partial charge in [0.1, 0.15) is 18.1 Å².